The Morgan fingerprint density at radius 1 is 1.19 bits per heavy atom. The summed E-state index contributed by atoms with van der Waals surface area (Å²) in [6.45, 7) is 1.34. The molecular formula is C12H12O4. The third-order valence-electron chi connectivity index (χ3n) is 1.75. The Morgan fingerprint density at radius 2 is 1.81 bits per heavy atom. The molecule has 1 rings (SSSR count). The number of esters is 2. The molecule has 1 aromatic carbocycles. The van der Waals surface area contributed by atoms with Crippen molar-refractivity contribution in [1.29, 1.82) is 0 Å². The molecule has 0 amide bonds. The second kappa shape index (κ2) is 5.70. The molecule has 0 heterocycles. The van der Waals surface area contributed by atoms with Crippen LogP contribution in [0, 0.1) is 0 Å². The Balaban J connectivity index is 2.68. The van der Waals surface area contributed by atoms with Gasteiger partial charge in [0.2, 0.25) is 0 Å². The molecule has 84 valence electrons. The van der Waals surface area contributed by atoms with E-state index >= 15 is 0 Å². The van der Waals surface area contributed by atoms with Gasteiger partial charge < -0.3 is 9.47 Å². The number of ether oxygens (including phenoxy) is 2. The van der Waals surface area contributed by atoms with E-state index < -0.39 is 5.97 Å². The van der Waals surface area contributed by atoms with Crippen LogP contribution in [0.1, 0.15) is 12.5 Å². The Labute approximate surface area is 93.5 Å². The lowest BCUT2D eigenvalue weighted by Gasteiger charge is -2.00. The highest BCUT2D eigenvalue weighted by atomic mass is 16.5. The van der Waals surface area contributed by atoms with Crippen molar-refractivity contribution in [3.63, 3.8) is 0 Å². The minimum Gasteiger partial charge on any atom is -0.466 e. The van der Waals surface area contributed by atoms with Gasteiger partial charge in [-0.05, 0) is 23.8 Å². The van der Waals surface area contributed by atoms with Crippen molar-refractivity contribution < 1.29 is 19.1 Å². The lowest BCUT2D eigenvalue weighted by Crippen LogP contribution is -2.00. The summed E-state index contributed by atoms with van der Waals surface area (Å²) in [4.78, 5) is 21.5. The molecule has 0 unspecified atom stereocenters. The summed E-state index contributed by atoms with van der Waals surface area (Å²) >= 11 is 0. The van der Waals surface area contributed by atoms with Crippen molar-refractivity contribution in [3.05, 3.63) is 35.9 Å². The van der Waals surface area contributed by atoms with Gasteiger partial charge in [0.15, 0.2) is 0 Å². The molecule has 0 aliphatic carbocycles. The van der Waals surface area contributed by atoms with Crippen LogP contribution < -0.4 is 4.74 Å². The molecule has 4 heteroatoms. The van der Waals surface area contributed by atoms with Gasteiger partial charge in [0.05, 0.1) is 7.11 Å². The molecule has 16 heavy (non-hydrogen) atoms. The fraction of sp³-hybridized carbons (Fsp3) is 0.167. The van der Waals surface area contributed by atoms with Crippen LogP contribution in [0.25, 0.3) is 6.08 Å². The van der Waals surface area contributed by atoms with Gasteiger partial charge in [0, 0.05) is 13.0 Å². The molecule has 4 nitrogen and oxygen atoms in total. The molecule has 0 aliphatic heterocycles. The van der Waals surface area contributed by atoms with E-state index in [0.29, 0.717) is 5.75 Å². The first-order valence-corrected chi connectivity index (χ1v) is 4.66. The van der Waals surface area contributed by atoms with Gasteiger partial charge in [-0.15, -0.1) is 0 Å². The standard InChI is InChI=1S/C12H12O4/c1-9(13)16-11-6-3-10(4-7-11)5-8-12(14)15-2/h3-8H,1-2H3/b8-5+. The third-order valence-corrected chi connectivity index (χ3v) is 1.75. The Hall–Kier alpha value is -2.10. The average Bonchev–Trinajstić information content (AvgIpc) is 2.27. The fourth-order valence-corrected chi connectivity index (χ4v) is 1.05. The molecule has 1 aromatic rings. The molecular weight excluding hydrogens is 208 g/mol. The van der Waals surface area contributed by atoms with Crippen molar-refractivity contribution in [1.82, 2.24) is 0 Å². The largest absolute Gasteiger partial charge is 0.466 e. The minimum absolute atomic E-state index is 0.363. The number of carbonyl (C=O) groups excluding carboxylic acids is 2. The number of carbonyl (C=O) groups is 2. The monoisotopic (exact) mass is 220 g/mol. The lowest BCUT2D eigenvalue weighted by molar-refractivity contribution is -0.135. The molecule has 0 radical (unpaired) electrons. The maximum Gasteiger partial charge on any atom is 0.330 e. The summed E-state index contributed by atoms with van der Waals surface area (Å²) in [5, 5.41) is 0. The SMILES string of the molecule is COC(=O)/C=C/c1ccc(OC(C)=O)cc1. The summed E-state index contributed by atoms with van der Waals surface area (Å²) in [5.41, 5.74) is 0.821. The Bertz CT molecular complexity index is 404. The van der Waals surface area contributed by atoms with Crippen LogP contribution in [0.2, 0.25) is 0 Å². The smallest absolute Gasteiger partial charge is 0.330 e. The first-order chi connectivity index (χ1) is 7.61. The molecule has 0 atom stereocenters. The summed E-state index contributed by atoms with van der Waals surface area (Å²) in [6, 6.07) is 6.77. The quantitative estimate of drug-likeness (QED) is 0.443. The van der Waals surface area contributed by atoms with Gasteiger partial charge in [-0.3, -0.25) is 4.79 Å². The van der Waals surface area contributed by atoms with E-state index in [2.05, 4.69) is 4.74 Å². The fourth-order valence-electron chi connectivity index (χ4n) is 1.05. The molecule has 0 bridgehead atoms. The van der Waals surface area contributed by atoms with Gasteiger partial charge in [-0.1, -0.05) is 12.1 Å². The van der Waals surface area contributed by atoms with Gasteiger partial charge in [0.1, 0.15) is 5.75 Å². The van der Waals surface area contributed by atoms with Crippen molar-refractivity contribution in [2.24, 2.45) is 0 Å². The maximum atomic E-state index is 10.8. The van der Waals surface area contributed by atoms with E-state index in [9.17, 15) is 9.59 Å². The zero-order valence-electron chi connectivity index (χ0n) is 9.10. The summed E-state index contributed by atoms with van der Waals surface area (Å²) in [5.74, 6) is -0.301. The van der Waals surface area contributed by atoms with Crippen LogP contribution in [0.5, 0.6) is 5.75 Å². The van der Waals surface area contributed by atoms with Gasteiger partial charge in [0.25, 0.3) is 0 Å². The summed E-state index contributed by atoms with van der Waals surface area (Å²) in [6.07, 6.45) is 2.93. The second-order valence-electron chi connectivity index (χ2n) is 3.02. The Kier molecular flexibility index (Phi) is 4.27. The van der Waals surface area contributed by atoms with E-state index in [1.807, 2.05) is 0 Å². The number of hydrogen-bond donors (Lipinski definition) is 0. The number of rotatable bonds is 3. The molecule has 0 spiro atoms. The van der Waals surface area contributed by atoms with Crippen molar-refractivity contribution in [2.45, 2.75) is 6.92 Å². The molecule has 0 fully saturated rings. The van der Waals surface area contributed by atoms with Crippen LogP contribution >= 0.6 is 0 Å². The van der Waals surface area contributed by atoms with E-state index in [1.54, 1.807) is 30.3 Å². The number of hydrogen-bond acceptors (Lipinski definition) is 4. The lowest BCUT2D eigenvalue weighted by atomic mass is 10.2. The topological polar surface area (TPSA) is 52.6 Å². The highest BCUT2D eigenvalue weighted by Gasteiger charge is 1.97. The van der Waals surface area contributed by atoms with Crippen LogP contribution in [-0.2, 0) is 14.3 Å². The van der Waals surface area contributed by atoms with Crippen molar-refractivity contribution in [2.75, 3.05) is 7.11 Å². The van der Waals surface area contributed by atoms with Crippen molar-refractivity contribution in [3.8, 4) is 5.75 Å². The Morgan fingerprint density at radius 3 is 2.31 bits per heavy atom. The maximum absolute atomic E-state index is 10.8. The van der Waals surface area contributed by atoms with Gasteiger partial charge in [-0.25, -0.2) is 4.79 Å². The van der Waals surface area contributed by atoms with Crippen LogP contribution in [0.4, 0.5) is 0 Å². The molecule has 0 N–H and O–H groups in total. The van der Waals surface area contributed by atoms with Crippen LogP contribution in [0.15, 0.2) is 30.3 Å². The summed E-state index contributed by atoms with van der Waals surface area (Å²) < 4.78 is 9.31. The zero-order valence-corrected chi connectivity index (χ0v) is 9.10. The van der Waals surface area contributed by atoms with Gasteiger partial charge >= 0.3 is 11.9 Å². The average molecular weight is 220 g/mol. The molecule has 0 aliphatic rings. The van der Waals surface area contributed by atoms with E-state index in [4.69, 9.17) is 4.74 Å². The first kappa shape index (κ1) is 12.0. The van der Waals surface area contributed by atoms with E-state index in [-0.39, 0.29) is 5.97 Å². The van der Waals surface area contributed by atoms with Crippen LogP contribution in [0.3, 0.4) is 0 Å². The molecule has 0 saturated heterocycles. The first-order valence-electron chi connectivity index (χ1n) is 4.66. The second-order valence-corrected chi connectivity index (χ2v) is 3.02. The van der Waals surface area contributed by atoms with E-state index in [1.165, 1.54) is 20.1 Å². The number of benzene rings is 1. The zero-order chi connectivity index (χ0) is 12.0. The van der Waals surface area contributed by atoms with Crippen LogP contribution in [-0.4, -0.2) is 19.0 Å². The van der Waals surface area contributed by atoms with E-state index in [0.717, 1.165) is 5.56 Å². The minimum atomic E-state index is -0.413. The normalized spacial score (nSPS) is 10.1. The summed E-state index contributed by atoms with van der Waals surface area (Å²) in [7, 11) is 1.32. The molecule has 0 aromatic heterocycles. The third kappa shape index (κ3) is 3.96. The van der Waals surface area contributed by atoms with Crippen molar-refractivity contribution >= 4 is 18.0 Å². The predicted octanol–water partition coefficient (Wildman–Crippen LogP) is 1.80. The highest BCUT2D eigenvalue weighted by molar-refractivity contribution is 5.86. The highest BCUT2D eigenvalue weighted by Crippen LogP contribution is 2.13. The number of methoxy groups -OCH3 is 1. The molecule has 0 saturated carbocycles. The van der Waals surface area contributed by atoms with Gasteiger partial charge in [-0.2, -0.15) is 0 Å². The predicted molar refractivity (Wildman–Crippen MR) is 58.8 cm³/mol.